The van der Waals surface area contributed by atoms with E-state index in [1.165, 1.54) is 6.20 Å². The summed E-state index contributed by atoms with van der Waals surface area (Å²) in [4.78, 5) is 4.33. The van der Waals surface area contributed by atoms with Gasteiger partial charge in [-0.15, -0.1) is 0 Å². The molecule has 1 rings (SSSR count). The van der Waals surface area contributed by atoms with E-state index in [1.54, 1.807) is 12.1 Å². The lowest BCUT2D eigenvalue weighted by Crippen LogP contribution is -2.32. The van der Waals surface area contributed by atoms with Crippen LogP contribution in [0.2, 0.25) is 0 Å². The maximum atomic E-state index is 12.2. The smallest absolute Gasteiger partial charge is 0.242 e. The van der Waals surface area contributed by atoms with Crippen LogP contribution < -0.4 is 10.0 Å². The second kappa shape index (κ2) is 8.21. The van der Waals surface area contributed by atoms with Crippen LogP contribution in [-0.4, -0.2) is 26.0 Å². The minimum atomic E-state index is -3.47. The molecule has 0 aromatic carbocycles. The first-order chi connectivity index (χ1) is 9.49. The standard InChI is InChI=1S/C14H25N3O2S/c1-4-6-7-12(3)17-20(18,19)13-8-9-14(16-11-13)15-10-5-2/h8-9,11-12,17H,4-7,10H2,1-3H3,(H,15,16). The number of hydrogen-bond donors (Lipinski definition) is 2. The van der Waals surface area contributed by atoms with Crippen molar-refractivity contribution < 1.29 is 8.42 Å². The Balaban J connectivity index is 2.67. The molecular weight excluding hydrogens is 274 g/mol. The van der Waals surface area contributed by atoms with E-state index in [0.717, 1.165) is 32.2 Å². The van der Waals surface area contributed by atoms with Crippen LogP contribution in [-0.2, 0) is 10.0 Å². The Bertz CT molecular complexity index is 486. The van der Waals surface area contributed by atoms with Gasteiger partial charge in [-0.1, -0.05) is 26.7 Å². The van der Waals surface area contributed by atoms with E-state index in [2.05, 4.69) is 28.9 Å². The third-order valence-electron chi connectivity index (χ3n) is 2.95. The Morgan fingerprint density at radius 3 is 2.55 bits per heavy atom. The van der Waals surface area contributed by atoms with Crippen LogP contribution in [0.3, 0.4) is 0 Å². The molecule has 20 heavy (non-hydrogen) atoms. The summed E-state index contributed by atoms with van der Waals surface area (Å²) < 4.78 is 27.0. The molecule has 0 aliphatic rings. The SMILES string of the molecule is CCCCC(C)NS(=O)(=O)c1ccc(NCCC)nc1. The first-order valence-corrected chi connectivity index (χ1v) is 8.70. The summed E-state index contributed by atoms with van der Waals surface area (Å²) >= 11 is 0. The first-order valence-electron chi connectivity index (χ1n) is 7.21. The Hall–Kier alpha value is -1.14. The van der Waals surface area contributed by atoms with Gasteiger partial charge in [0.2, 0.25) is 10.0 Å². The number of nitrogens with zero attached hydrogens (tertiary/aromatic N) is 1. The number of pyridine rings is 1. The molecule has 0 amide bonds. The number of sulfonamides is 1. The predicted molar refractivity (Wildman–Crippen MR) is 82.3 cm³/mol. The molecule has 0 fully saturated rings. The molecule has 1 atom stereocenters. The van der Waals surface area contributed by atoms with Gasteiger partial charge in [-0.25, -0.2) is 18.1 Å². The zero-order chi connectivity index (χ0) is 15.0. The fraction of sp³-hybridized carbons (Fsp3) is 0.643. The number of nitrogens with one attached hydrogen (secondary N) is 2. The van der Waals surface area contributed by atoms with Crippen molar-refractivity contribution in [1.29, 1.82) is 0 Å². The van der Waals surface area contributed by atoms with Crippen LogP contribution in [0.1, 0.15) is 46.5 Å². The van der Waals surface area contributed by atoms with E-state index in [1.807, 2.05) is 6.92 Å². The predicted octanol–water partition coefficient (Wildman–Crippen LogP) is 2.76. The van der Waals surface area contributed by atoms with Gasteiger partial charge in [0.1, 0.15) is 10.7 Å². The van der Waals surface area contributed by atoms with Gasteiger partial charge < -0.3 is 5.32 Å². The molecule has 114 valence electrons. The minimum Gasteiger partial charge on any atom is -0.370 e. The van der Waals surface area contributed by atoms with Gasteiger partial charge in [0.15, 0.2) is 0 Å². The molecule has 0 saturated carbocycles. The molecule has 0 aliphatic heterocycles. The van der Waals surface area contributed by atoms with E-state index in [-0.39, 0.29) is 10.9 Å². The average Bonchev–Trinajstić information content (AvgIpc) is 2.43. The monoisotopic (exact) mass is 299 g/mol. The van der Waals surface area contributed by atoms with Crippen LogP contribution in [0.5, 0.6) is 0 Å². The molecule has 1 unspecified atom stereocenters. The molecule has 0 bridgehead atoms. The lowest BCUT2D eigenvalue weighted by Gasteiger charge is -2.14. The molecule has 0 radical (unpaired) electrons. The molecule has 0 aliphatic carbocycles. The van der Waals surface area contributed by atoms with Crippen molar-refractivity contribution in [3.8, 4) is 0 Å². The summed E-state index contributed by atoms with van der Waals surface area (Å²) in [6.45, 7) is 6.86. The molecule has 1 aromatic rings. The van der Waals surface area contributed by atoms with Gasteiger partial charge in [-0.05, 0) is 31.9 Å². The van der Waals surface area contributed by atoms with E-state index in [4.69, 9.17) is 0 Å². The molecule has 0 saturated heterocycles. The fourth-order valence-electron chi connectivity index (χ4n) is 1.80. The number of anilines is 1. The van der Waals surface area contributed by atoms with E-state index in [9.17, 15) is 8.42 Å². The van der Waals surface area contributed by atoms with Crippen LogP contribution in [0.4, 0.5) is 5.82 Å². The molecule has 1 heterocycles. The normalized spacial score (nSPS) is 13.2. The highest BCUT2D eigenvalue weighted by Crippen LogP contribution is 2.12. The van der Waals surface area contributed by atoms with Crippen molar-refractivity contribution in [1.82, 2.24) is 9.71 Å². The second-order valence-corrected chi connectivity index (χ2v) is 6.68. The minimum absolute atomic E-state index is 0.0576. The lowest BCUT2D eigenvalue weighted by atomic mass is 10.2. The Labute approximate surface area is 122 Å². The zero-order valence-corrected chi connectivity index (χ0v) is 13.3. The van der Waals surface area contributed by atoms with Crippen LogP contribution in [0, 0.1) is 0 Å². The van der Waals surface area contributed by atoms with Crippen molar-refractivity contribution >= 4 is 15.8 Å². The maximum absolute atomic E-state index is 12.2. The fourth-order valence-corrected chi connectivity index (χ4v) is 3.02. The highest BCUT2D eigenvalue weighted by atomic mass is 32.2. The van der Waals surface area contributed by atoms with Crippen molar-refractivity contribution in [2.75, 3.05) is 11.9 Å². The van der Waals surface area contributed by atoms with Crippen molar-refractivity contribution in [3.63, 3.8) is 0 Å². The van der Waals surface area contributed by atoms with Gasteiger partial charge in [0.25, 0.3) is 0 Å². The number of hydrogen-bond acceptors (Lipinski definition) is 4. The van der Waals surface area contributed by atoms with Gasteiger partial charge >= 0.3 is 0 Å². The van der Waals surface area contributed by atoms with Gasteiger partial charge in [0, 0.05) is 18.8 Å². The highest BCUT2D eigenvalue weighted by molar-refractivity contribution is 7.89. The van der Waals surface area contributed by atoms with Gasteiger partial charge in [-0.3, -0.25) is 0 Å². The average molecular weight is 299 g/mol. The van der Waals surface area contributed by atoms with Crippen molar-refractivity contribution in [3.05, 3.63) is 18.3 Å². The Morgan fingerprint density at radius 1 is 1.25 bits per heavy atom. The number of unbranched alkanes of at least 4 members (excludes halogenated alkanes) is 1. The first kappa shape index (κ1) is 16.9. The quantitative estimate of drug-likeness (QED) is 0.735. The van der Waals surface area contributed by atoms with Crippen molar-refractivity contribution in [2.45, 2.75) is 57.4 Å². The molecule has 2 N–H and O–H groups in total. The molecular formula is C14H25N3O2S. The molecule has 6 heteroatoms. The third-order valence-corrected chi connectivity index (χ3v) is 4.52. The summed E-state index contributed by atoms with van der Waals surface area (Å²) in [6.07, 6.45) is 5.32. The van der Waals surface area contributed by atoms with Crippen LogP contribution in [0.15, 0.2) is 23.2 Å². The number of aromatic nitrogens is 1. The number of rotatable bonds is 9. The van der Waals surface area contributed by atoms with E-state index < -0.39 is 10.0 Å². The topological polar surface area (TPSA) is 71.1 Å². The second-order valence-electron chi connectivity index (χ2n) is 4.97. The van der Waals surface area contributed by atoms with Crippen LogP contribution in [0.25, 0.3) is 0 Å². The highest BCUT2D eigenvalue weighted by Gasteiger charge is 2.17. The third kappa shape index (κ3) is 5.46. The molecule has 1 aromatic heterocycles. The summed E-state index contributed by atoms with van der Waals surface area (Å²) in [5, 5.41) is 3.12. The van der Waals surface area contributed by atoms with E-state index in [0.29, 0.717) is 5.82 Å². The Kier molecular flexibility index (Phi) is 6.95. The summed E-state index contributed by atoms with van der Waals surface area (Å²) in [5.41, 5.74) is 0. The van der Waals surface area contributed by atoms with Crippen LogP contribution >= 0.6 is 0 Å². The molecule has 5 nitrogen and oxygen atoms in total. The van der Waals surface area contributed by atoms with Gasteiger partial charge in [0.05, 0.1) is 0 Å². The summed E-state index contributed by atoms with van der Waals surface area (Å²) in [7, 11) is -3.47. The Morgan fingerprint density at radius 2 is 2.00 bits per heavy atom. The summed E-state index contributed by atoms with van der Waals surface area (Å²) in [6, 6.07) is 3.22. The maximum Gasteiger partial charge on any atom is 0.242 e. The van der Waals surface area contributed by atoms with Crippen molar-refractivity contribution in [2.24, 2.45) is 0 Å². The van der Waals surface area contributed by atoms with Gasteiger partial charge in [-0.2, -0.15) is 0 Å². The zero-order valence-electron chi connectivity index (χ0n) is 12.5. The lowest BCUT2D eigenvalue weighted by molar-refractivity contribution is 0.534. The largest absolute Gasteiger partial charge is 0.370 e. The summed E-state index contributed by atoms with van der Waals surface area (Å²) in [5.74, 6) is 0.699. The van der Waals surface area contributed by atoms with E-state index >= 15 is 0 Å². The molecule has 0 spiro atoms.